The summed E-state index contributed by atoms with van der Waals surface area (Å²) in [6.07, 6.45) is 1.39. The number of carbonyl (C=O) groups is 1. The van der Waals surface area contributed by atoms with Crippen molar-refractivity contribution in [3.8, 4) is 0 Å². The van der Waals surface area contributed by atoms with E-state index >= 15 is 0 Å². The van der Waals surface area contributed by atoms with E-state index in [0.29, 0.717) is 12.4 Å². The molecule has 0 aromatic carbocycles. The van der Waals surface area contributed by atoms with Crippen LogP contribution in [0, 0.1) is 19.7 Å². The zero-order chi connectivity index (χ0) is 15.4. The highest BCUT2D eigenvalue weighted by Gasteiger charge is 2.16. The standard InChI is InChI=1S/C15H17FN4O/c1-4-17-14-13(16)11(5-6-18-14)15(21)20-12-8-9(2)7-10(3)19-12/h5-8H,4H2,1-3H3,(H,17,18)(H,19,20,21). The van der Waals surface area contributed by atoms with Gasteiger partial charge in [0.25, 0.3) is 5.91 Å². The molecular formula is C15H17FN4O. The maximum absolute atomic E-state index is 14.2. The third kappa shape index (κ3) is 3.53. The van der Waals surface area contributed by atoms with E-state index in [1.807, 2.05) is 26.8 Å². The van der Waals surface area contributed by atoms with E-state index < -0.39 is 11.7 Å². The molecule has 0 radical (unpaired) electrons. The lowest BCUT2D eigenvalue weighted by atomic mass is 10.2. The lowest BCUT2D eigenvalue weighted by Crippen LogP contribution is -2.16. The number of aromatic nitrogens is 2. The van der Waals surface area contributed by atoms with E-state index in [0.717, 1.165) is 11.3 Å². The first-order chi connectivity index (χ1) is 10.0. The van der Waals surface area contributed by atoms with E-state index in [1.54, 1.807) is 6.07 Å². The number of rotatable bonds is 4. The molecule has 5 nitrogen and oxygen atoms in total. The van der Waals surface area contributed by atoms with Gasteiger partial charge in [-0.25, -0.2) is 14.4 Å². The Bertz CT molecular complexity index is 652. The molecule has 0 saturated carbocycles. The predicted molar refractivity (Wildman–Crippen MR) is 80.0 cm³/mol. The van der Waals surface area contributed by atoms with Crippen molar-refractivity contribution in [1.82, 2.24) is 9.97 Å². The highest BCUT2D eigenvalue weighted by molar-refractivity contribution is 6.04. The maximum atomic E-state index is 14.2. The van der Waals surface area contributed by atoms with Gasteiger partial charge in [0.2, 0.25) is 0 Å². The molecule has 0 atom stereocenters. The summed E-state index contributed by atoms with van der Waals surface area (Å²) in [7, 11) is 0. The van der Waals surface area contributed by atoms with Gasteiger partial charge in [0.1, 0.15) is 5.82 Å². The van der Waals surface area contributed by atoms with Crippen molar-refractivity contribution >= 4 is 17.5 Å². The molecule has 2 aromatic heterocycles. The fourth-order valence-electron chi connectivity index (χ4n) is 2.00. The Morgan fingerprint density at radius 2 is 2.10 bits per heavy atom. The summed E-state index contributed by atoms with van der Waals surface area (Å²) in [4.78, 5) is 20.2. The first-order valence-electron chi connectivity index (χ1n) is 6.66. The number of nitrogens with zero attached hydrogens (tertiary/aromatic N) is 2. The number of nitrogens with one attached hydrogen (secondary N) is 2. The van der Waals surface area contributed by atoms with E-state index in [1.165, 1.54) is 12.3 Å². The largest absolute Gasteiger partial charge is 0.368 e. The van der Waals surface area contributed by atoms with Crippen molar-refractivity contribution in [1.29, 1.82) is 0 Å². The van der Waals surface area contributed by atoms with E-state index in [-0.39, 0.29) is 11.4 Å². The Morgan fingerprint density at radius 1 is 1.33 bits per heavy atom. The van der Waals surface area contributed by atoms with Crippen LogP contribution in [0.25, 0.3) is 0 Å². The smallest absolute Gasteiger partial charge is 0.259 e. The Hall–Kier alpha value is -2.50. The van der Waals surface area contributed by atoms with Gasteiger partial charge in [-0.2, -0.15) is 0 Å². The molecule has 0 spiro atoms. The number of amides is 1. The SMILES string of the molecule is CCNc1nccc(C(=O)Nc2cc(C)cc(C)n2)c1F. The molecule has 0 bridgehead atoms. The minimum atomic E-state index is -0.666. The number of hydrogen-bond donors (Lipinski definition) is 2. The summed E-state index contributed by atoms with van der Waals surface area (Å²) in [5, 5.41) is 5.38. The summed E-state index contributed by atoms with van der Waals surface area (Å²) in [6.45, 7) is 6.08. The third-order valence-electron chi connectivity index (χ3n) is 2.82. The summed E-state index contributed by atoms with van der Waals surface area (Å²) >= 11 is 0. The molecule has 2 N–H and O–H groups in total. The zero-order valence-electron chi connectivity index (χ0n) is 12.2. The topological polar surface area (TPSA) is 66.9 Å². The number of hydrogen-bond acceptors (Lipinski definition) is 4. The summed E-state index contributed by atoms with van der Waals surface area (Å²) in [5.74, 6) is -0.745. The molecule has 2 aromatic rings. The third-order valence-corrected chi connectivity index (χ3v) is 2.82. The lowest BCUT2D eigenvalue weighted by Gasteiger charge is -2.09. The van der Waals surface area contributed by atoms with E-state index in [9.17, 15) is 9.18 Å². The van der Waals surface area contributed by atoms with Crippen LogP contribution in [0.5, 0.6) is 0 Å². The molecule has 0 aliphatic heterocycles. The van der Waals surface area contributed by atoms with Crippen molar-refractivity contribution < 1.29 is 9.18 Å². The van der Waals surface area contributed by atoms with Crippen LogP contribution in [0.4, 0.5) is 16.0 Å². The maximum Gasteiger partial charge on any atom is 0.259 e. The fourth-order valence-corrected chi connectivity index (χ4v) is 2.00. The Kier molecular flexibility index (Phi) is 4.47. The first kappa shape index (κ1) is 14.9. The molecule has 0 saturated heterocycles. The molecule has 0 aliphatic rings. The van der Waals surface area contributed by atoms with Crippen LogP contribution in [-0.2, 0) is 0 Å². The summed E-state index contributed by atoms with van der Waals surface area (Å²) < 4.78 is 14.2. The van der Waals surface area contributed by atoms with Gasteiger partial charge in [-0.05, 0) is 44.5 Å². The minimum absolute atomic E-state index is 0.0677. The number of halogens is 1. The van der Waals surface area contributed by atoms with Crippen molar-refractivity contribution in [2.75, 3.05) is 17.2 Å². The van der Waals surface area contributed by atoms with Crippen molar-refractivity contribution in [3.05, 3.63) is 47.0 Å². The first-order valence-corrected chi connectivity index (χ1v) is 6.66. The molecule has 110 valence electrons. The number of carbonyl (C=O) groups excluding carboxylic acids is 1. The molecule has 0 fully saturated rings. The highest BCUT2D eigenvalue weighted by atomic mass is 19.1. The van der Waals surface area contributed by atoms with Gasteiger partial charge in [0, 0.05) is 18.4 Å². The van der Waals surface area contributed by atoms with Gasteiger partial charge in [-0.1, -0.05) is 0 Å². The molecule has 2 heterocycles. The zero-order valence-corrected chi connectivity index (χ0v) is 12.2. The summed E-state index contributed by atoms with van der Waals surface area (Å²) in [5.41, 5.74) is 1.69. The second kappa shape index (κ2) is 6.30. The predicted octanol–water partition coefficient (Wildman–Crippen LogP) is 2.92. The Labute approximate surface area is 122 Å². The number of anilines is 2. The van der Waals surface area contributed by atoms with Crippen LogP contribution in [0.3, 0.4) is 0 Å². The number of pyridine rings is 2. The van der Waals surface area contributed by atoms with Gasteiger partial charge in [-0.3, -0.25) is 4.79 Å². The molecule has 21 heavy (non-hydrogen) atoms. The van der Waals surface area contributed by atoms with Gasteiger partial charge in [0.15, 0.2) is 11.6 Å². The average molecular weight is 288 g/mol. The van der Waals surface area contributed by atoms with Crippen LogP contribution in [-0.4, -0.2) is 22.4 Å². The van der Waals surface area contributed by atoms with Gasteiger partial charge >= 0.3 is 0 Å². The van der Waals surface area contributed by atoms with Crippen molar-refractivity contribution in [3.63, 3.8) is 0 Å². The molecular weight excluding hydrogens is 271 g/mol. The van der Waals surface area contributed by atoms with E-state index in [4.69, 9.17) is 0 Å². The summed E-state index contributed by atoms with van der Waals surface area (Å²) in [6, 6.07) is 4.97. The molecule has 6 heteroatoms. The fraction of sp³-hybridized carbons (Fsp3) is 0.267. The quantitative estimate of drug-likeness (QED) is 0.907. The average Bonchev–Trinajstić information content (AvgIpc) is 2.40. The van der Waals surface area contributed by atoms with Crippen molar-refractivity contribution in [2.24, 2.45) is 0 Å². The van der Waals surface area contributed by atoms with Crippen molar-refractivity contribution in [2.45, 2.75) is 20.8 Å². The second-order valence-corrected chi connectivity index (χ2v) is 4.68. The Balaban J connectivity index is 2.26. The minimum Gasteiger partial charge on any atom is -0.368 e. The molecule has 2 rings (SSSR count). The molecule has 1 amide bonds. The van der Waals surface area contributed by atoms with Crippen LogP contribution in [0.2, 0.25) is 0 Å². The monoisotopic (exact) mass is 288 g/mol. The van der Waals surface area contributed by atoms with Gasteiger partial charge < -0.3 is 10.6 Å². The lowest BCUT2D eigenvalue weighted by molar-refractivity contribution is 0.102. The van der Waals surface area contributed by atoms with E-state index in [2.05, 4.69) is 20.6 Å². The van der Waals surface area contributed by atoms with Crippen LogP contribution < -0.4 is 10.6 Å². The molecule has 0 aliphatic carbocycles. The van der Waals surface area contributed by atoms with Crippen LogP contribution >= 0.6 is 0 Å². The normalized spacial score (nSPS) is 10.3. The van der Waals surface area contributed by atoms with Gasteiger partial charge in [0.05, 0.1) is 5.56 Å². The second-order valence-electron chi connectivity index (χ2n) is 4.68. The Morgan fingerprint density at radius 3 is 2.76 bits per heavy atom. The van der Waals surface area contributed by atoms with Crippen LogP contribution in [0.1, 0.15) is 28.5 Å². The van der Waals surface area contributed by atoms with Crippen LogP contribution in [0.15, 0.2) is 24.4 Å². The number of aryl methyl sites for hydroxylation is 2. The van der Waals surface area contributed by atoms with Gasteiger partial charge in [-0.15, -0.1) is 0 Å². The highest BCUT2D eigenvalue weighted by Crippen LogP contribution is 2.17. The molecule has 0 unspecified atom stereocenters.